The Balaban J connectivity index is 2.07. The van der Waals surface area contributed by atoms with E-state index < -0.39 is 0 Å². The highest BCUT2D eigenvalue weighted by atomic mass is 79.9. The molecule has 18 heavy (non-hydrogen) atoms. The van der Waals surface area contributed by atoms with E-state index in [1.165, 1.54) is 0 Å². The van der Waals surface area contributed by atoms with Crippen molar-refractivity contribution >= 4 is 27.5 Å². The summed E-state index contributed by atoms with van der Waals surface area (Å²) in [5.41, 5.74) is 0. The van der Waals surface area contributed by atoms with Crippen LogP contribution in [0, 0.1) is 0 Å². The second kappa shape index (κ2) is 9.62. The number of hydrogen-bond acceptors (Lipinski definition) is 3. The first-order chi connectivity index (χ1) is 8.74. The van der Waals surface area contributed by atoms with Gasteiger partial charge in [-0.1, -0.05) is 11.6 Å². The smallest absolute Gasteiger partial charge is 0.133 e. The summed E-state index contributed by atoms with van der Waals surface area (Å²) in [6.07, 6.45) is 1.03. The van der Waals surface area contributed by atoms with Crippen LogP contribution in [-0.4, -0.2) is 32.9 Å². The minimum absolute atomic E-state index is 0.634. The van der Waals surface area contributed by atoms with Gasteiger partial charge in [-0.05, 0) is 54.0 Å². The summed E-state index contributed by atoms with van der Waals surface area (Å²) in [5.74, 6) is 0.815. The zero-order valence-corrected chi connectivity index (χ0v) is 12.9. The van der Waals surface area contributed by atoms with Crippen LogP contribution in [-0.2, 0) is 4.74 Å². The van der Waals surface area contributed by atoms with E-state index in [9.17, 15) is 0 Å². The quantitative estimate of drug-likeness (QED) is 0.700. The lowest BCUT2D eigenvalue weighted by Gasteiger charge is -2.09. The van der Waals surface area contributed by atoms with E-state index in [1.807, 2.05) is 25.1 Å². The monoisotopic (exact) mass is 335 g/mol. The second-order valence-electron chi connectivity index (χ2n) is 3.72. The molecular formula is C13H19BrClNO2. The zero-order valence-electron chi connectivity index (χ0n) is 10.5. The molecule has 1 aromatic rings. The molecule has 102 valence electrons. The summed E-state index contributed by atoms with van der Waals surface area (Å²) >= 11 is 9.26. The third-order valence-electron chi connectivity index (χ3n) is 2.28. The van der Waals surface area contributed by atoms with E-state index in [-0.39, 0.29) is 0 Å². The van der Waals surface area contributed by atoms with Crippen LogP contribution in [0.15, 0.2) is 22.7 Å². The Morgan fingerprint density at radius 1 is 1.28 bits per heavy atom. The minimum atomic E-state index is 0.634. The summed E-state index contributed by atoms with van der Waals surface area (Å²) in [4.78, 5) is 0. The van der Waals surface area contributed by atoms with E-state index in [0.29, 0.717) is 11.6 Å². The molecule has 1 aromatic carbocycles. The molecule has 0 radical (unpaired) electrons. The summed E-state index contributed by atoms with van der Waals surface area (Å²) in [7, 11) is 0. The van der Waals surface area contributed by atoms with Gasteiger partial charge >= 0.3 is 0 Å². The first kappa shape index (κ1) is 15.8. The standard InChI is InChI=1S/C13H19BrClNO2/c1-2-17-8-3-6-16-7-9-18-13-5-4-11(15)10-12(13)14/h4-5,10,16H,2-3,6-9H2,1H3. The first-order valence-corrected chi connectivity index (χ1v) is 7.27. The Kier molecular flexibility index (Phi) is 8.42. The fraction of sp³-hybridized carbons (Fsp3) is 0.538. The summed E-state index contributed by atoms with van der Waals surface area (Å²) in [5, 5.41) is 4.00. The van der Waals surface area contributed by atoms with Crippen LogP contribution in [0.1, 0.15) is 13.3 Å². The van der Waals surface area contributed by atoms with E-state index in [4.69, 9.17) is 21.1 Å². The van der Waals surface area contributed by atoms with E-state index in [0.717, 1.165) is 42.9 Å². The SMILES string of the molecule is CCOCCCNCCOc1ccc(Cl)cc1Br. The topological polar surface area (TPSA) is 30.5 Å². The Labute approximate surface area is 122 Å². The number of benzene rings is 1. The highest BCUT2D eigenvalue weighted by Gasteiger charge is 2.01. The fourth-order valence-electron chi connectivity index (χ4n) is 1.39. The Morgan fingerprint density at radius 3 is 2.83 bits per heavy atom. The normalized spacial score (nSPS) is 10.6. The number of ether oxygens (including phenoxy) is 2. The molecule has 0 aliphatic rings. The molecular weight excluding hydrogens is 318 g/mol. The molecule has 0 fully saturated rings. The van der Waals surface area contributed by atoms with Crippen molar-refractivity contribution in [1.82, 2.24) is 5.32 Å². The molecule has 0 spiro atoms. The van der Waals surface area contributed by atoms with Gasteiger partial charge in [0.15, 0.2) is 0 Å². The van der Waals surface area contributed by atoms with Crippen LogP contribution in [0.3, 0.4) is 0 Å². The number of hydrogen-bond donors (Lipinski definition) is 1. The van der Waals surface area contributed by atoms with Gasteiger partial charge in [0.05, 0.1) is 4.47 Å². The summed E-state index contributed by atoms with van der Waals surface area (Å²) < 4.78 is 11.7. The predicted octanol–water partition coefficient (Wildman–Crippen LogP) is 3.50. The average Bonchev–Trinajstić information content (AvgIpc) is 2.35. The van der Waals surface area contributed by atoms with Crippen molar-refractivity contribution in [2.24, 2.45) is 0 Å². The maximum absolute atomic E-state index is 5.85. The van der Waals surface area contributed by atoms with Crippen molar-refractivity contribution in [3.63, 3.8) is 0 Å². The van der Waals surface area contributed by atoms with Gasteiger partial charge in [-0.15, -0.1) is 0 Å². The van der Waals surface area contributed by atoms with Gasteiger partial charge in [-0.25, -0.2) is 0 Å². The van der Waals surface area contributed by atoms with Crippen LogP contribution in [0.2, 0.25) is 5.02 Å². The average molecular weight is 337 g/mol. The van der Waals surface area contributed by atoms with E-state index >= 15 is 0 Å². The number of halogens is 2. The van der Waals surface area contributed by atoms with Crippen LogP contribution >= 0.6 is 27.5 Å². The third-order valence-corrected chi connectivity index (χ3v) is 3.13. The molecule has 0 unspecified atom stereocenters. The molecule has 0 bridgehead atoms. The Morgan fingerprint density at radius 2 is 2.11 bits per heavy atom. The predicted molar refractivity (Wildman–Crippen MR) is 78.6 cm³/mol. The highest BCUT2D eigenvalue weighted by molar-refractivity contribution is 9.10. The molecule has 3 nitrogen and oxygen atoms in total. The van der Waals surface area contributed by atoms with Crippen LogP contribution < -0.4 is 10.1 Å². The molecule has 1 N–H and O–H groups in total. The molecule has 0 aromatic heterocycles. The van der Waals surface area contributed by atoms with Gasteiger partial charge < -0.3 is 14.8 Å². The van der Waals surface area contributed by atoms with Crippen molar-refractivity contribution in [3.05, 3.63) is 27.7 Å². The molecule has 1 rings (SSSR count). The maximum atomic E-state index is 5.85. The number of nitrogens with one attached hydrogen (secondary N) is 1. The molecule has 0 aliphatic heterocycles. The zero-order chi connectivity index (χ0) is 13.2. The third kappa shape index (κ3) is 6.59. The van der Waals surface area contributed by atoms with Crippen molar-refractivity contribution in [3.8, 4) is 5.75 Å². The molecule has 0 atom stereocenters. The highest BCUT2D eigenvalue weighted by Crippen LogP contribution is 2.27. The van der Waals surface area contributed by atoms with Gasteiger partial charge in [-0.3, -0.25) is 0 Å². The molecule has 0 amide bonds. The molecule has 0 aliphatic carbocycles. The Hall–Kier alpha value is -0.290. The molecule has 0 saturated carbocycles. The van der Waals surface area contributed by atoms with Gasteiger partial charge in [0.25, 0.3) is 0 Å². The van der Waals surface area contributed by atoms with Gasteiger partial charge in [-0.2, -0.15) is 0 Å². The van der Waals surface area contributed by atoms with Crippen molar-refractivity contribution in [1.29, 1.82) is 0 Å². The maximum Gasteiger partial charge on any atom is 0.133 e. The van der Waals surface area contributed by atoms with Gasteiger partial charge in [0.1, 0.15) is 12.4 Å². The number of rotatable bonds is 9. The molecule has 0 saturated heterocycles. The van der Waals surface area contributed by atoms with Crippen molar-refractivity contribution < 1.29 is 9.47 Å². The lowest BCUT2D eigenvalue weighted by Crippen LogP contribution is -2.23. The largest absolute Gasteiger partial charge is 0.491 e. The minimum Gasteiger partial charge on any atom is -0.491 e. The van der Waals surface area contributed by atoms with E-state index in [2.05, 4.69) is 21.2 Å². The fourth-order valence-corrected chi connectivity index (χ4v) is 2.19. The molecule has 0 heterocycles. The lowest BCUT2D eigenvalue weighted by molar-refractivity contribution is 0.144. The summed E-state index contributed by atoms with van der Waals surface area (Å²) in [6, 6.07) is 5.51. The first-order valence-electron chi connectivity index (χ1n) is 6.10. The molecule has 5 heteroatoms. The van der Waals surface area contributed by atoms with Crippen LogP contribution in [0.4, 0.5) is 0 Å². The second-order valence-corrected chi connectivity index (χ2v) is 5.01. The summed E-state index contributed by atoms with van der Waals surface area (Å²) in [6.45, 7) is 6.01. The van der Waals surface area contributed by atoms with Gasteiger partial charge in [0.2, 0.25) is 0 Å². The van der Waals surface area contributed by atoms with Crippen molar-refractivity contribution in [2.75, 3.05) is 32.9 Å². The van der Waals surface area contributed by atoms with E-state index in [1.54, 1.807) is 0 Å². The lowest BCUT2D eigenvalue weighted by atomic mass is 10.3. The van der Waals surface area contributed by atoms with Crippen molar-refractivity contribution in [2.45, 2.75) is 13.3 Å². The van der Waals surface area contributed by atoms with Crippen LogP contribution in [0.5, 0.6) is 5.75 Å². The Bertz CT molecular complexity index is 350. The van der Waals surface area contributed by atoms with Crippen LogP contribution in [0.25, 0.3) is 0 Å². The van der Waals surface area contributed by atoms with Gasteiger partial charge in [0, 0.05) is 24.8 Å².